The number of nitrogens with one attached hydrogen (secondary N) is 1. The molecule has 0 aliphatic heterocycles. The summed E-state index contributed by atoms with van der Waals surface area (Å²) in [6.45, 7) is 3.62. The fraction of sp³-hybridized carbons (Fsp3) is 0.462. The highest BCUT2D eigenvalue weighted by atomic mass is 32.2. The van der Waals surface area contributed by atoms with Gasteiger partial charge in [0.1, 0.15) is 4.90 Å². The van der Waals surface area contributed by atoms with E-state index in [1.54, 1.807) is 6.92 Å². The third kappa shape index (κ3) is 4.21. The molecule has 118 valence electrons. The topological polar surface area (TPSA) is 83.5 Å². The fourth-order valence-corrected chi connectivity index (χ4v) is 3.33. The summed E-state index contributed by atoms with van der Waals surface area (Å²) < 4.78 is 53.6. The lowest BCUT2D eigenvalue weighted by Crippen LogP contribution is -2.35. The summed E-state index contributed by atoms with van der Waals surface area (Å²) in [5, 5.41) is 8.80. The Morgan fingerprint density at radius 1 is 1.33 bits per heavy atom. The van der Waals surface area contributed by atoms with Gasteiger partial charge in [-0.25, -0.2) is 26.7 Å². The van der Waals surface area contributed by atoms with Crippen LogP contribution in [0, 0.1) is 11.6 Å². The van der Waals surface area contributed by atoms with Crippen LogP contribution >= 0.6 is 0 Å². The highest BCUT2D eigenvalue weighted by Gasteiger charge is 2.26. The SMILES string of the molecule is CCCC(CC)NS(=O)(=O)c1cc(C(=O)O)cc(F)c1F. The van der Waals surface area contributed by atoms with E-state index < -0.39 is 44.1 Å². The lowest BCUT2D eigenvalue weighted by atomic mass is 10.1. The van der Waals surface area contributed by atoms with Crippen LogP contribution in [0.5, 0.6) is 0 Å². The summed E-state index contributed by atoms with van der Waals surface area (Å²) in [6.07, 6.45) is 1.74. The van der Waals surface area contributed by atoms with E-state index >= 15 is 0 Å². The number of aromatic carboxylic acids is 1. The van der Waals surface area contributed by atoms with Crippen molar-refractivity contribution in [2.75, 3.05) is 0 Å². The molecule has 0 aromatic heterocycles. The molecule has 0 heterocycles. The van der Waals surface area contributed by atoms with Crippen LogP contribution in [0.2, 0.25) is 0 Å². The summed E-state index contributed by atoms with van der Waals surface area (Å²) in [7, 11) is -4.33. The molecular weight excluding hydrogens is 304 g/mol. The van der Waals surface area contributed by atoms with Crippen molar-refractivity contribution in [3.05, 3.63) is 29.3 Å². The Kier molecular flexibility index (Phi) is 5.79. The van der Waals surface area contributed by atoms with Gasteiger partial charge in [-0.05, 0) is 25.0 Å². The second-order valence-electron chi connectivity index (χ2n) is 4.59. The molecule has 2 N–H and O–H groups in total. The molecule has 5 nitrogen and oxygen atoms in total. The first-order valence-corrected chi connectivity index (χ1v) is 7.95. The van der Waals surface area contributed by atoms with Gasteiger partial charge in [-0.1, -0.05) is 20.3 Å². The van der Waals surface area contributed by atoms with Gasteiger partial charge < -0.3 is 5.11 Å². The number of halogens is 2. The van der Waals surface area contributed by atoms with Crippen molar-refractivity contribution in [1.29, 1.82) is 0 Å². The largest absolute Gasteiger partial charge is 0.478 e. The lowest BCUT2D eigenvalue weighted by molar-refractivity contribution is 0.0696. The Bertz CT molecular complexity index is 631. The molecule has 1 aromatic carbocycles. The van der Waals surface area contributed by atoms with E-state index in [0.29, 0.717) is 31.4 Å². The van der Waals surface area contributed by atoms with Crippen molar-refractivity contribution in [3.8, 4) is 0 Å². The fourth-order valence-electron chi connectivity index (χ4n) is 1.86. The van der Waals surface area contributed by atoms with Crippen molar-refractivity contribution in [2.45, 2.75) is 44.0 Å². The van der Waals surface area contributed by atoms with Crippen LogP contribution in [0.3, 0.4) is 0 Å². The van der Waals surface area contributed by atoms with Crippen LogP contribution < -0.4 is 4.72 Å². The van der Waals surface area contributed by atoms with E-state index in [1.165, 1.54) is 0 Å². The van der Waals surface area contributed by atoms with Crippen molar-refractivity contribution < 1.29 is 27.1 Å². The summed E-state index contributed by atoms with van der Waals surface area (Å²) in [5.41, 5.74) is -0.627. The average molecular weight is 321 g/mol. The van der Waals surface area contributed by atoms with Gasteiger partial charge in [0.05, 0.1) is 5.56 Å². The maximum absolute atomic E-state index is 13.7. The molecule has 21 heavy (non-hydrogen) atoms. The average Bonchev–Trinajstić information content (AvgIpc) is 2.40. The van der Waals surface area contributed by atoms with E-state index in [9.17, 15) is 22.0 Å². The molecule has 0 fully saturated rings. The minimum absolute atomic E-state index is 0.420. The van der Waals surface area contributed by atoms with Gasteiger partial charge >= 0.3 is 5.97 Å². The van der Waals surface area contributed by atoms with Crippen LogP contribution in [-0.4, -0.2) is 25.5 Å². The van der Waals surface area contributed by atoms with Crippen LogP contribution in [0.25, 0.3) is 0 Å². The highest BCUT2D eigenvalue weighted by molar-refractivity contribution is 7.89. The number of sulfonamides is 1. The number of rotatable bonds is 7. The Labute approximate surface area is 122 Å². The zero-order valence-electron chi connectivity index (χ0n) is 11.7. The zero-order valence-corrected chi connectivity index (χ0v) is 12.5. The second kappa shape index (κ2) is 6.95. The predicted molar refractivity (Wildman–Crippen MR) is 72.6 cm³/mol. The first kappa shape index (κ1) is 17.5. The molecule has 0 saturated carbocycles. The molecule has 0 amide bonds. The Morgan fingerprint density at radius 2 is 1.95 bits per heavy atom. The maximum atomic E-state index is 13.7. The van der Waals surface area contributed by atoms with Crippen molar-refractivity contribution in [3.63, 3.8) is 0 Å². The van der Waals surface area contributed by atoms with Gasteiger partial charge in [0.25, 0.3) is 0 Å². The normalized spacial score (nSPS) is 13.1. The lowest BCUT2D eigenvalue weighted by Gasteiger charge is -2.17. The summed E-state index contributed by atoms with van der Waals surface area (Å²) in [6, 6.07) is 0.637. The summed E-state index contributed by atoms with van der Waals surface area (Å²) >= 11 is 0. The quantitative estimate of drug-likeness (QED) is 0.808. The molecule has 0 radical (unpaired) electrons. The van der Waals surface area contributed by atoms with E-state index in [4.69, 9.17) is 5.11 Å². The molecule has 8 heteroatoms. The first-order valence-electron chi connectivity index (χ1n) is 6.47. The molecule has 0 spiro atoms. The second-order valence-corrected chi connectivity index (χ2v) is 6.27. The van der Waals surface area contributed by atoms with E-state index in [1.807, 2.05) is 6.92 Å². The molecular formula is C13H17F2NO4S. The van der Waals surface area contributed by atoms with Crippen LogP contribution in [0.4, 0.5) is 8.78 Å². The van der Waals surface area contributed by atoms with E-state index in [2.05, 4.69) is 4.72 Å². The smallest absolute Gasteiger partial charge is 0.335 e. The number of carboxylic acids is 1. The van der Waals surface area contributed by atoms with Gasteiger partial charge in [0.2, 0.25) is 10.0 Å². The van der Waals surface area contributed by atoms with Crippen LogP contribution in [0.1, 0.15) is 43.5 Å². The first-order chi connectivity index (χ1) is 9.72. The Morgan fingerprint density at radius 3 is 2.43 bits per heavy atom. The summed E-state index contributed by atoms with van der Waals surface area (Å²) in [5.74, 6) is -4.64. The van der Waals surface area contributed by atoms with Gasteiger partial charge in [0, 0.05) is 6.04 Å². The zero-order chi connectivity index (χ0) is 16.2. The third-order valence-corrected chi connectivity index (χ3v) is 4.50. The molecule has 0 bridgehead atoms. The highest BCUT2D eigenvalue weighted by Crippen LogP contribution is 2.21. The predicted octanol–water partition coefficient (Wildman–Crippen LogP) is 2.52. The Hall–Kier alpha value is -1.54. The monoisotopic (exact) mass is 321 g/mol. The number of carboxylic acid groups (broad SMARTS) is 1. The number of hydrogen-bond acceptors (Lipinski definition) is 3. The van der Waals surface area contributed by atoms with Crippen molar-refractivity contribution in [2.24, 2.45) is 0 Å². The molecule has 0 aliphatic rings. The molecule has 0 saturated heterocycles. The summed E-state index contributed by atoms with van der Waals surface area (Å²) in [4.78, 5) is 9.83. The Balaban J connectivity index is 3.27. The van der Waals surface area contributed by atoms with Gasteiger partial charge in [0.15, 0.2) is 11.6 Å². The van der Waals surface area contributed by atoms with Crippen molar-refractivity contribution in [1.82, 2.24) is 4.72 Å². The van der Waals surface area contributed by atoms with Crippen LogP contribution in [0.15, 0.2) is 17.0 Å². The molecule has 1 atom stereocenters. The molecule has 1 unspecified atom stereocenters. The van der Waals surface area contributed by atoms with Gasteiger partial charge in [-0.2, -0.15) is 0 Å². The van der Waals surface area contributed by atoms with Gasteiger partial charge in [-0.3, -0.25) is 0 Å². The van der Waals surface area contributed by atoms with E-state index in [-0.39, 0.29) is 0 Å². The number of hydrogen-bond donors (Lipinski definition) is 2. The standard InChI is InChI=1S/C13H17F2NO4S/c1-3-5-9(4-2)16-21(19,20)11-7-8(13(17)18)6-10(14)12(11)15/h6-7,9,16H,3-5H2,1-2H3,(H,17,18). The number of carbonyl (C=O) groups is 1. The molecule has 1 aromatic rings. The van der Waals surface area contributed by atoms with E-state index in [0.717, 1.165) is 0 Å². The maximum Gasteiger partial charge on any atom is 0.335 e. The molecule has 1 rings (SSSR count). The van der Waals surface area contributed by atoms with Gasteiger partial charge in [-0.15, -0.1) is 0 Å². The molecule has 0 aliphatic carbocycles. The third-order valence-electron chi connectivity index (χ3n) is 2.98. The minimum atomic E-state index is -4.33. The van der Waals surface area contributed by atoms with Crippen molar-refractivity contribution >= 4 is 16.0 Å². The minimum Gasteiger partial charge on any atom is -0.478 e. The number of benzene rings is 1. The van der Waals surface area contributed by atoms with Crippen LogP contribution in [-0.2, 0) is 10.0 Å².